The number of carbonyl (C=O) groups is 1. The second-order valence-corrected chi connectivity index (χ2v) is 5.44. The van der Waals surface area contributed by atoms with Crippen LogP contribution in [0.5, 0.6) is 5.75 Å². The summed E-state index contributed by atoms with van der Waals surface area (Å²) >= 11 is 9.33. The predicted octanol–water partition coefficient (Wildman–Crippen LogP) is 2.82. The summed E-state index contributed by atoms with van der Waals surface area (Å²) in [5.74, 6) is 0.566. The SMILES string of the molecule is CC1(Br)Oc2c(Cl)cccc2NC1C=O. The lowest BCUT2D eigenvalue weighted by Gasteiger charge is -2.36. The van der Waals surface area contributed by atoms with Crippen LogP contribution in [0.15, 0.2) is 18.2 Å². The topological polar surface area (TPSA) is 38.3 Å². The van der Waals surface area contributed by atoms with Gasteiger partial charge in [0, 0.05) is 0 Å². The highest BCUT2D eigenvalue weighted by atomic mass is 79.9. The molecule has 0 radical (unpaired) electrons. The Morgan fingerprint density at radius 2 is 2.40 bits per heavy atom. The number of ether oxygens (including phenoxy) is 1. The molecule has 0 spiro atoms. The summed E-state index contributed by atoms with van der Waals surface area (Å²) in [5, 5.41) is 3.58. The summed E-state index contributed by atoms with van der Waals surface area (Å²) in [7, 11) is 0. The molecule has 1 N–H and O–H groups in total. The highest BCUT2D eigenvalue weighted by Gasteiger charge is 2.39. The molecule has 1 aromatic rings. The average Bonchev–Trinajstić information content (AvgIpc) is 2.18. The highest BCUT2D eigenvalue weighted by molar-refractivity contribution is 9.10. The molecule has 2 rings (SSSR count). The number of benzene rings is 1. The number of aldehydes is 1. The van der Waals surface area contributed by atoms with Crippen LogP contribution in [0.3, 0.4) is 0 Å². The molecule has 0 fully saturated rings. The Morgan fingerprint density at radius 3 is 3.07 bits per heavy atom. The minimum atomic E-state index is -0.771. The van der Waals surface area contributed by atoms with E-state index in [9.17, 15) is 4.79 Å². The molecule has 0 saturated heterocycles. The summed E-state index contributed by atoms with van der Waals surface area (Å²) in [5.41, 5.74) is 0.733. The van der Waals surface area contributed by atoms with Crippen molar-refractivity contribution >= 4 is 39.5 Å². The molecule has 1 aliphatic rings. The van der Waals surface area contributed by atoms with E-state index < -0.39 is 10.6 Å². The highest BCUT2D eigenvalue weighted by Crippen LogP contribution is 2.42. The number of halogens is 2. The Labute approximate surface area is 101 Å². The number of alkyl halides is 1. The van der Waals surface area contributed by atoms with Crippen LogP contribution in [-0.4, -0.2) is 16.8 Å². The van der Waals surface area contributed by atoms with E-state index in [0.717, 1.165) is 12.0 Å². The Balaban J connectivity index is 2.46. The van der Waals surface area contributed by atoms with E-state index in [1.807, 2.05) is 6.07 Å². The van der Waals surface area contributed by atoms with Gasteiger partial charge < -0.3 is 14.8 Å². The van der Waals surface area contributed by atoms with Crippen molar-refractivity contribution in [2.24, 2.45) is 0 Å². The van der Waals surface area contributed by atoms with Gasteiger partial charge in [0.15, 0.2) is 10.3 Å². The molecule has 2 unspecified atom stereocenters. The lowest BCUT2D eigenvalue weighted by Crippen LogP contribution is -2.48. The van der Waals surface area contributed by atoms with Crippen molar-refractivity contribution in [1.29, 1.82) is 0 Å². The van der Waals surface area contributed by atoms with Crippen molar-refractivity contribution in [3.63, 3.8) is 0 Å². The predicted molar refractivity (Wildman–Crippen MR) is 62.9 cm³/mol. The van der Waals surface area contributed by atoms with E-state index in [1.54, 1.807) is 19.1 Å². The van der Waals surface area contributed by atoms with Gasteiger partial charge in [0.25, 0.3) is 0 Å². The maximum absolute atomic E-state index is 10.9. The van der Waals surface area contributed by atoms with Crippen molar-refractivity contribution < 1.29 is 9.53 Å². The first kappa shape index (κ1) is 10.8. The zero-order valence-corrected chi connectivity index (χ0v) is 10.3. The van der Waals surface area contributed by atoms with Crippen LogP contribution in [0.25, 0.3) is 0 Å². The minimum Gasteiger partial charge on any atom is -0.470 e. The third-order valence-corrected chi connectivity index (χ3v) is 3.22. The molecular formula is C10H9BrClNO2. The van der Waals surface area contributed by atoms with Crippen LogP contribution in [0, 0.1) is 0 Å². The maximum atomic E-state index is 10.9. The smallest absolute Gasteiger partial charge is 0.187 e. The molecule has 2 atom stereocenters. The molecule has 5 heteroatoms. The number of carbonyl (C=O) groups excluding carboxylic acids is 1. The molecule has 1 aliphatic heterocycles. The van der Waals surface area contributed by atoms with Crippen LogP contribution in [-0.2, 0) is 4.79 Å². The van der Waals surface area contributed by atoms with Crippen molar-refractivity contribution in [3.05, 3.63) is 23.2 Å². The van der Waals surface area contributed by atoms with E-state index in [2.05, 4.69) is 21.2 Å². The van der Waals surface area contributed by atoms with Crippen molar-refractivity contribution in [2.45, 2.75) is 17.5 Å². The molecular weight excluding hydrogens is 281 g/mol. The second-order valence-electron chi connectivity index (χ2n) is 3.46. The Morgan fingerprint density at radius 1 is 1.67 bits per heavy atom. The van der Waals surface area contributed by atoms with Crippen LogP contribution in [0.2, 0.25) is 5.02 Å². The fraction of sp³-hybridized carbons (Fsp3) is 0.300. The van der Waals surface area contributed by atoms with Crippen LogP contribution >= 0.6 is 27.5 Å². The first-order valence-corrected chi connectivity index (χ1v) is 5.60. The fourth-order valence-corrected chi connectivity index (χ4v) is 2.04. The number of nitrogens with one attached hydrogen (secondary N) is 1. The number of para-hydroxylation sites is 1. The van der Waals surface area contributed by atoms with Gasteiger partial charge in [-0.1, -0.05) is 17.7 Å². The third kappa shape index (κ3) is 1.84. The van der Waals surface area contributed by atoms with E-state index in [0.29, 0.717) is 10.8 Å². The molecule has 0 aliphatic carbocycles. The van der Waals surface area contributed by atoms with Crippen LogP contribution in [0.4, 0.5) is 5.69 Å². The van der Waals surface area contributed by atoms with Crippen molar-refractivity contribution in [2.75, 3.05) is 5.32 Å². The summed E-state index contributed by atoms with van der Waals surface area (Å²) in [6.45, 7) is 1.77. The monoisotopic (exact) mass is 289 g/mol. The maximum Gasteiger partial charge on any atom is 0.187 e. The van der Waals surface area contributed by atoms with Gasteiger partial charge in [-0.2, -0.15) is 0 Å². The van der Waals surface area contributed by atoms with Gasteiger partial charge in [-0.25, -0.2) is 0 Å². The van der Waals surface area contributed by atoms with E-state index in [4.69, 9.17) is 16.3 Å². The van der Waals surface area contributed by atoms with Gasteiger partial charge >= 0.3 is 0 Å². The van der Waals surface area contributed by atoms with Gasteiger partial charge in [-0.15, -0.1) is 0 Å². The largest absolute Gasteiger partial charge is 0.470 e. The quantitative estimate of drug-likeness (QED) is 0.638. The second kappa shape index (κ2) is 3.68. The zero-order chi connectivity index (χ0) is 11.1. The standard InChI is InChI=1S/C10H9BrClNO2/c1-10(11)8(5-14)13-7-4-2-3-6(12)9(7)15-10/h2-5,8,13H,1H3. The summed E-state index contributed by atoms with van der Waals surface area (Å²) < 4.78 is 4.87. The minimum absolute atomic E-state index is 0.441. The van der Waals surface area contributed by atoms with Gasteiger partial charge in [0.1, 0.15) is 12.3 Å². The number of rotatable bonds is 1. The molecule has 0 aromatic heterocycles. The number of fused-ring (bicyclic) bond motifs is 1. The Hall–Kier alpha value is -0.740. The van der Waals surface area contributed by atoms with Gasteiger partial charge in [0.05, 0.1) is 10.7 Å². The van der Waals surface area contributed by atoms with Crippen molar-refractivity contribution in [1.82, 2.24) is 0 Å². The summed E-state index contributed by atoms with van der Waals surface area (Å²) in [4.78, 5) is 10.9. The molecule has 15 heavy (non-hydrogen) atoms. The van der Waals surface area contributed by atoms with Crippen molar-refractivity contribution in [3.8, 4) is 5.75 Å². The van der Waals surface area contributed by atoms with Crippen LogP contribution in [0.1, 0.15) is 6.92 Å². The molecule has 80 valence electrons. The number of hydrogen-bond donors (Lipinski definition) is 1. The summed E-state index contributed by atoms with van der Waals surface area (Å²) in [6, 6.07) is 4.92. The van der Waals surface area contributed by atoms with Gasteiger partial charge in [-0.05, 0) is 35.0 Å². The molecule has 0 saturated carbocycles. The first-order valence-electron chi connectivity index (χ1n) is 4.43. The Kier molecular flexibility index (Phi) is 2.64. The molecule has 0 amide bonds. The van der Waals surface area contributed by atoms with Gasteiger partial charge in [-0.3, -0.25) is 0 Å². The number of hydrogen-bond acceptors (Lipinski definition) is 3. The van der Waals surface area contributed by atoms with Gasteiger partial charge in [0.2, 0.25) is 0 Å². The molecule has 1 heterocycles. The summed E-state index contributed by atoms with van der Waals surface area (Å²) in [6.07, 6.45) is 0.804. The third-order valence-electron chi connectivity index (χ3n) is 2.27. The number of anilines is 1. The Bertz CT molecular complexity index is 408. The first-order chi connectivity index (χ1) is 7.04. The fourth-order valence-electron chi connectivity index (χ4n) is 1.44. The van der Waals surface area contributed by atoms with Crippen LogP contribution < -0.4 is 10.1 Å². The zero-order valence-electron chi connectivity index (χ0n) is 7.96. The van der Waals surface area contributed by atoms with E-state index >= 15 is 0 Å². The molecule has 1 aromatic carbocycles. The van der Waals surface area contributed by atoms with E-state index in [1.165, 1.54) is 0 Å². The lowest BCUT2D eigenvalue weighted by atomic mass is 10.1. The molecule has 0 bridgehead atoms. The normalized spacial score (nSPS) is 28.6. The average molecular weight is 291 g/mol. The van der Waals surface area contributed by atoms with E-state index in [-0.39, 0.29) is 0 Å². The lowest BCUT2D eigenvalue weighted by molar-refractivity contribution is -0.110. The molecule has 3 nitrogen and oxygen atoms in total.